The molecule has 0 saturated heterocycles. The number of unbranched alkanes of at least 4 members (excludes halogenated alkanes) is 1. The van der Waals surface area contributed by atoms with Gasteiger partial charge in [0, 0.05) is 6.42 Å². The molecular formula is C11H13Cl2FN2O. The van der Waals surface area contributed by atoms with Gasteiger partial charge in [-0.2, -0.15) is 0 Å². The average Bonchev–Trinajstić information content (AvgIpc) is 2.24. The van der Waals surface area contributed by atoms with Gasteiger partial charge >= 0.3 is 0 Å². The second-order valence-electron chi connectivity index (χ2n) is 3.54. The number of nitrogens with one attached hydrogen (secondary N) is 1. The second-order valence-corrected chi connectivity index (χ2v) is 4.35. The minimum atomic E-state index is -0.541. The van der Waals surface area contributed by atoms with Gasteiger partial charge in [0.2, 0.25) is 5.91 Å². The summed E-state index contributed by atoms with van der Waals surface area (Å²) in [6.45, 7) is 0.547. The molecule has 1 aromatic carbocycles. The molecule has 0 saturated carbocycles. The summed E-state index contributed by atoms with van der Waals surface area (Å²) in [6, 6.07) is 2.20. The van der Waals surface area contributed by atoms with E-state index in [1.54, 1.807) is 0 Å². The third kappa shape index (κ3) is 4.50. The molecule has 0 aromatic heterocycles. The molecule has 6 heteroatoms. The number of halogens is 3. The van der Waals surface area contributed by atoms with Crippen LogP contribution in [-0.2, 0) is 4.79 Å². The van der Waals surface area contributed by atoms with Crippen molar-refractivity contribution >= 4 is 34.8 Å². The number of rotatable bonds is 5. The molecule has 0 atom stereocenters. The van der Waals surface area contributed by atoms with Crippen LogP contribution in [0.4, 0.5) is 10.1 Å². The molecule has 3 nitrogen and oxygen atoms in total. The van der Waals surface area contributed by atoms with Gasteiger partial charge in [0.05, 0.1) is 15.7 Å². The van der Waals surface area contributed by atoms with Crippen molar-refractivity contribution in [3.63, 3.8) is 0 Å². The predicted octanol–water partition coefficient (Wildman–Crippen LogP) is 3.20. The molecule has 0 bridgehead atoms. The Morgan fingerprint density at radius 1 is 1.29 bits per heavy atom. The van der Waals surface area contributed by atoms with Gasteiger partial charge in [0.15, 0.2) is 0 Å². The Labute approximate surface area is 109 Å². The Kier molecular flexibility index (Phi) is 5.68. The van der Waals surface area contributed by atoms with Gasteiger partial charge in [-0.1, -0.05) is 23.2 Å². The number of benzene rings is 1. The van der Waals surface area contributed by atoms with Crippen LogP contribution in [0.3, 0.4) is 0 Å². The summed E-state index contributed by atoms with van der Waals surface area (Å²) >= 11 is 11.6. The molecule has 0 heterocycles. The van der Waals surface area contributed by atoms with Crippen LogP contribution in [0.2, 0.25) is 10.0 Å². The van der Waals surface area contributed by atoms with E-state index in [9.17, 15) is 9.18 Å². The first-order valence-electron chi connectivity index (χ1n) is 5.19. The largest absolute Gasteiger partial charge is 0.330 e. The first-order valence-corrected chi connectivity index (χ1v) is 5.94. The zero-order chi connectivity index (χ0) is 12.8. The van der Waals surface area contributed by atoms with E-state index >= 15 is 0 Å². The average molecular weight is 279 g/mol. The number of carbonyl (C=O) groups excluding carboxylic acids is 1. The summed E-state index contributed by atoms with van der Waals surface area (Å²) in [5, 5.41) is 2.72. The van der Waals surface area contributed by atoms with E-state index in [0.29, 0.717) is 19.4 Å². The highest BCUT2D eigenvalue weighted by Crippen LogP contribution is 2.31. The highest BCUT2D eigenvalue weighted by Gasteiger charge is 2.11. The summed E-state index contributed by atoms with van der Waals surface area (Å²) in [6.07, 6.45) is 1.80. The van der Waals surface area contributed by atoms with Crippen LogP contribution < -0.4 is 11.1 Å². The van der Waals surface area contributed by atoms with Crippen LogP contribution in [-0.4, -0.2) is 12.5 Å². The second kappa shape index (κ2) is 6.79. The highest BCUT2D eigenvalue weighted by atomic mass is 35.5. The Morgan fingerprint density at radius 3 is 2.41 bits per heavy atom. The van der Waals surface area contributed by atoms with Gasteiger partial charge < -0.3 is 11.1 Å². The molecule has 0 radical (unpaired) electrons. The molecular weight excluding hydrogens is 266 g/mol. The minimum absolute atomic E-state index is 0.0853. The lowest BCUT2D eigenvalue weighted by Crippen LogP contribution is -2.12. The molecule has 0 aliphatic carbocycles. The molecule has 94 valence electrons. The fourth-order valence-corrected chi connectivity index (χ4v) is 1.85. The Morgan fingerprint density at radius 2 is 1.88 bits per heavy atom. The van der Waals surface area contributed by atoms with E-state index in [1.165, 1.54) is 0 Å². The van der Waals surface area contributed by atoms with Crippen LogP contribution in [0.15, 0.2) is 12.1 Å². The zero-order valence-electron chi connectivity index (χ0n) is 9.10. The molecule has 1 aromatic rings. The lowest BCUT2D eigenvalue weighted by Gasteiger charge is -2.09. The number of nitrogens with two attached hydrogens (primary N) is 1. The zero-order valence-corrected chi connectivity index (χ0v) is 10.6. The van der Waals surface area contributed by atoms with Gasteiger partial charge in [-0.15, -0.1) is 0 Å². The quantitative estimate of drug-likeness (QED) is 0.813. The van der Waals surface area contributed by atoms with Crippen molar-refractivity contribution in [1.29, 1.82) is 0 Å². The van der Waals surface area contributed by atoms with Crippen molar-refractivity contribution in [2.45, 2.75) is 19.3 Å². The van der Waals surface area contributed by atoms with Crippen LogP contribution in [0.25, 0.3) is 0 Å². The minimum Gasteiger partial charge on any atom is -0.330 e. The van der Waals surface area contributed by atoms with Crippen LogP contribution in [0.5, 0.6) is 0 Å². The monoisotopic (exact) mass is 278 g/mol. The molecule has 0 aliphatic rings. The van der Waals surface area contributed by atoms with E-state index < -0.39 is 5.82 Å². The Hall–Kier alpha value is -0.840. The third-order valence-electron chi connectivity index (χ3n) is 2.13. The summed E-state index contributed by atoms with van der Waals surface area (Å²) in [5.74, 6) is -0.755. The van der Waals surface area contributed by atoms with Crippen LogP contribution in [0, 0.1) is 5.82 Å². The summed E-state index contributed by atoms with van der Waals surface area (Å²) in [5.41, 5.74) is 5.56. The topological polar surface area (TPSA) is 55.1 Å². The molecule has 0 fully saturated rings. The van der Waals surface area contributed by atoms with Crippen molar-refractivity contribution in [1.82, 2.24) is 0 Å². The maximum absolute atomic E-state index is 12.9. The normalized spacial score (nSPS) is 10.4. The maximum atomic E-state index is 12.9. The van der Waals surface area contributed by atoms with Gasteiger partial charge in [0.25, 0.3) is 0 Å². The first kappa shape index (κ1) is 14.2. The number of hydrogen-bond acceptors (Lipinski definition) is 2. The molecule has 17 heavy (non-hydrogen) atoms. The Bertz CT molecular complexity index is 389. The fourth-order valence-electron chi connectivity index (χ4n) is 1.29. The molecule has 0 spiro atoms. The Balaban J connectivity index is 2.65. The molecule has 3 N–H and O–H groups in total. The van der Waals surface area contributed by atoms with E-state index in [2.05, 4.69) is 5.32 Å². The summed E-state index contributed by atoms with van der Waals surface area (Å²) in [7, 11) is 0. The van der Waals surface area contributed by atoms with Gasteiger partial charge in [-0.25, -0.2) is 4.39 Å². The van der Waals surface area contributed by atoms with E-state index in [-0.39, 0.29) is 21.6 Å². The summed E-state index contributed by atoms with van der Waals surface area (Å²) < 4.78 is 12.9. The van der Waals surface area contributed by atoms with Crippen molar-refractivity contribution in [2.24, 2.45) is 5.73 Å². The standard InChI is InChI=1S/C11H13Cl2FN2O/c12-8-5-7(14)6-9(13)11(8)16-10(17)3-1-2-4-15/h5-6H,1-4,15H2,(H,16,17). The lowest BCUT2D eigenvalue weighted by molar-refractivity contribution is -0.116. The number of carbonyl (C=O) groups is 1. The SMILES string of the molecule is NCCCCC(=O)Nc1c(Cl)cc(F)cc1Cl. The predicted molar refractivity (Wildman–Crippen MR) is 68.0 cm³/mol. The van der Waals surface area contributed by atoms with E-state index in [0.717, 1.165) is 18.6 Å². The van der Waals surface area contributed by atoms with E-state index in [4.69, 9.17) is 28.9 Å². The van der Waals surface area contributed by atoms with E-state index in [1.807, 2.05) is 0 Å². The maximum Gasteiger partial charge on any atom is 0.224 e. The first-order chi connectivity index (χ1) is 8.04. The fraction of sp³-hybridized carbons (Fsp3) is 0.364. The van der Waals surface area contributed by atoms with Crippen LogP contribution >= 0.6 is 23.2 Å². The van der Waals surface area contributed by atoms with Gasteiger partial charge in [0.1, 0.15) is 5.82 Å². The van der Waals surface area contributed by atoms with Gasteiger partial charge in [-0.3, -0.25) is 4.79 Å². The number of anilines is 1. The number of hydrogen-bond donors (Lipinski definition) is 2. The molecule has 0 aliphatic heterocycles. The van der Waals surface area contributed by atoms with Crippen molar-refractivity contribution in [2.75, 3.05) is 11.9 Å². The van der Waals surface area contributed by atoms with Gasteiger partial charge in [-0.05, 0) is 31.5 Å². The highest BCUT2D eigenvalue weighted by molar-refractivity contribution is 6.39. The molecule has 1 rings (SSSR count). The van der Waals surface area contributed by atoms with Crippen molar-refractivity contribution < 1.29 is 9.18 Å². The van der Waals surface area contributed by atoms with Crippen molar-refractivity contribution in [3.05, 3.63) is 28.0 Å². The van der Waals surface area contributed by atoms with Crippen molar-refractivity contribution in [3.8, 4) is 0 Å². The smallest absolute Gasteiger partial charge is 0.224 e. The lowest BCUT2D eigenvalue weighted by atomic mass is 10.2. The van der Waals surface area contributed by atoms with Crippen LogP contribution in [0.1, 0.15) is 19.3 Å². The third-order valence-corrected chi connectivity index (χ3v) is 2.73. The summed E-state index contributed by atoms with van der Waals surface area (Å²) in [4.78, 5) is 11.5. The molecule has 0 unspecified atom stereocenters. The molecule has 1 amide bonds. The number of amides is 1.